The Balaban J connectivity index is 2.22. The van der Waals surface area contributed by atoms with Crippen molar-refractivity contribution in [1.82, 2.24) is 9.03 Å². The summed E-state index contributed by atoms with van der Waals surface area (Å²) in [4.78, 5) is 0. The maximum atomic E-state index is 11.9. The van der Waals surface area contributed by atoms with E-state index >= 15 is 0 Å². The highest BCUT2D eigenvalue weighted by Gasteiger charge is 2.36. The van der Waals surface area contributed by atoms with E-state index in [-0.39, 0.29) is 6.04 Å². The molecule has 1 fully saturated rings. The second kappa shape index (κ2) is 4.64. The number of nitrogens with one attached hydrogen (secondary N) is 1. The fourth-order valence-corrected chi connectivity index (χ4v) is 2.88. The van der Waals surface area contributed by atoms with Gasteiger partial charge in [0, 0.05) is 25.3 Å². The van der Waals surface area contributed by atoms with Gasteiger partial charge in [-0.25, -0.2) is 4.72 Å². The Morgan fingerprint density at radius 2 is 2.06 bits per heavy atom. The lowest BCUT2D eigenvalue weighted by atomic mass is 10.2. The molecule has 0 heterocycles. The smallest absolute Gasteiger partial charge is 0.279 e. The average Bonchev–Trinajstić information content (AvgIpc) is 3.12. The van der Waals surface area contributed by atoms with Crippen LogP contribution in [0.2, 0.25) is 0 Å². The molecule has 94 valence electrons. The van der Waals surface area contributed by atoms with E-state index in [2.05, 4.69) is 4.72 Å². The Morgan fingerprint density at radius 1 is 1.41 bits per heavy atom. The van der Waals surface area contributed by atoms with Crippen molar-refractivity contribution in [2.45, 2.75) is 25.4 Å². The number of para-hydroxylation sites is 1. The molecule has 1 aliphatic carbocycles. The lowest BCUT2D eigenvalue weighted by Crippen LogP contribution is -2.40. The summed E-state index contributed by atoms with van der Waals surface area (Å²) in [5, 5.41) is 0. The minimum absolute atomic E-state index is 0.118. The highest BCUT2D eigenvalue weighted by atomic mass is 32.2. The third-order valence-corrected chi connectivity index (χ3v) is 4.46. The van der Waals surface area contributed by atoms with Crippen LogP contribution >= 0.6 is 0 Å². The Bertz CT molecular complexity index is 497. The summed E-state index contributed by atoms with van der Waals surface area (Å²) >= 11 is 0. The van der Waals surface area contributed by atoms with E-state index in [1.54, 1.807) is 6.07 Å². The first kappa shape index (κ1) is 12.3. The summed E-state index contributed by atoms with van der Waals surface area (Å²) in [6.07, 6.45) is 1.85. The van der Waals surface area contributed by atoms with Crippen molar-refractivity contribution in [3.05, 3.63) is 29.8 Å². The molecule has 1 saturated carbocycles. The fourth-order valence-electron chi connectivity index (χ4n) is 1.74. The Hall–Kier alpha value is -1.11. The van der Waals surface area contributed by atoms with E-state index in [1.165, 1.54) is 11.4 Å². The van der Waals surface area contributed by atoms with Gasteiger partial charge < -0.3 is 5.73 Å². The molecule has 0 bridgehead atoms. The van der Waals surface area contributed by atoms with E-state index in [4.69, 9.17) is 5.73 Å². The van der Waals surface area contributed by atoms with E-state index in [1.807, 2.05) is 18.2 Å². The second-order valence-electron chi connectivity index (χ2n) is 4.18. The van der Waals surface area contributed by atoms with Gasteiger partial charge in [-0.15, -0.1) is 0 Å². The van der Waals surface area contributed by atoms with E-state index < -0.39 is 10.2 Å². The van der Waals surface area contributed by atoms with Gasteiger partial charge in [0.15, 0.2) is 0 Å². The predicted molar refractivity (Wildman–Crippen MR) is 67.4 cm³/mol. The lowest BCUT2D eigenvalue weighted by molar-refractivity contribution is 0.394. The van der Waals surface area contributed by atoms with Crippen molar-refractivity contribution in [3.63, 3.8) is 0 Å². The molecular weight excluding hydrogens is 238 g/mol. The zero-order chi connectivity index (χ0) is 12.5. The number of hydrogen-bond acceptors (Lipinski definition) is 3. The van der Waals surface area contributed by atoms with Crippen LogP contribution < -0.4 is 10.5 Å². The van der Waals surface area contributed by atoms with Crippen LogP contribution in [0, 0.1) is 0 Å². The number of anilines is 1. The lowest BCUT2D eigenvalue weighted by Gasteiger charge is -2.21. The summed E-state index contributed by atoms with van der Waals surface area (Å²) in [7, 11) is -1.95. The van der Waals surface area contributed by atoms with Crippen LogP contribution in [0.4, 0.5) is 5.69 Å². The van der Waals surface area contributed by atoms with Crippen molar-refractivity contribution >= 4 is 15.9 Å². The molecule has 0 atom stereocenters. The summed E-state index contributed by atoms with van der Waals surface area (Å²) in [5.74, 6) is 0. The minimum Gasteiger partial charge on any atom is -0.398 e. The zero-order valence-corrected chi connectivity index (χ0v) is 10.6. The van der Waals surface area contributed by atoms with Crippen LogP contribution in [-0.4, -0.2) is 25.8 Å². The highest BCUT2D eigenvalue weighted by molar-refractivity contribution is 7.87. The van der Waals surface area contributed by atoms with Crippen molar-refractivity contribution in [3.8, 4) is 0 Å². The molecule has 5 nitrogen and oxygen atoms in total. The third-order valence-electron chi connectivity index (χ3n) is 2.90. The molecule has 0 amide bonds. The summed E-state index contributed by atoms with van der Waals surface area (Å²) in [6.45, 7) is 0.334. The van der Waals surface area contributed by atoms with Crippen LogP contribution in [-0.2, 0) is 16.8 Å². The largest absolute Gasteiger partial charge is 0.398 e. The standard InChI is InChI=1S/C11H17N3O2S/c1-13-17(15,16)14(10-6-7-10)8-9-4-2-3-5-11(9)12/h2-5,10,13H,6-8,12H2,1H3. The van der Waals surface area contributed by atoms with Crippen LogP contribution in [0.1, 0.15) is 18.4 Å². The number of nitrogens with two attached hydrogens (primary N) is 1. The Morgan fingerprint density at radius 3 is 2.59 bits per heavy atom. The second-order valence-corrected chi connectivity index (χ2v) is 6.01. The van der Waals surface area contributed by atoms with Crippen molar-refractivity contribution in [2.75, 3.05) is 12.8 Å². The topological polar surface area (TPSA) is 75.4 Å². The Labute approximate surface area is 102 Å². The molecule has 17 heavy (non-hydrogen) atoms. The van der Waals surface area contributed by atoms with Crippen molar-refractivity contribution < 1.29 is 8.42 Å². The molecule has 2 rings (SSSR count). The number of hydrogen-bond donors (Lipinski definition) is 2. The minimum atomic E-state index is -3.38. The Kier molecular flexibility index (Phi) is 3.37. The van der Waals surface area contributed by atoms with Crippen LogP contribution in [0.5, 0.6) is 0 Å². The maximum absolute atomic E-state index is 11.9. The molecule has 0 radical (unpaired) electrons. The van der Waals surface area contributed by atoms with Crippen molar-refractivity contribution in [1.29, 1.82) is 0 Å². The molecule has 0 aliphatic heterocycles. The van der Waals surface area contributed by atoms with Gasteiger partial charge in [-0.2, -0.15) is 12.7 Å². The van der Waals surface area contributed by atoms with Gasteiger partial charge in [0.25, 0.3) is 10.2 Å². The first-order valence-corrected chi connectivity index (χ1v) is 7.02. The van der Waals surface area contributed by atoms with Gasteiger partial charge >= 0.3 is 0 Å². The average molecular weight is 255 g/mol. The van der Waals surface area contributed by atoms with Gasteiger partial charge in [0.1, 0.15) is 0 Å². The number of rotatable bonds is 5. The van der Waals surface area contributed by atoms with Gasteiger partial charge in [0.05, 0.1) is 0 Å². The van der Waals surface area contributed by atoms with Gasteiger partial charge in [-0.3, -0.25) is 0 Å². The third kappa shape index (κ3) is 2.77. The highest BCUT2D eigenvalue weighted by Crippen LogP contribution is 2.31. The van der Waals surface area contributed by atoms with Crippen LogP contribution in [0.25, 0.3) is 0 Å². The van der Waals surface area contributed by atoms with E-state index in [0.29, 0.717) is 12.2 Å². The quantitative estimate of drug-likeness (QED) is 0.760. The molecule has 0 unspecified atom stereocenters. The first-order chi connectivity index (χ1) is 8.04. The van der Waals surface area contributed by atoms with E-state index in [9.17, 15) is 8.42 Å². The normalized spacial score (nSPS) is 16.4. The molecule has 0 aromatic heterocycles. The molecule has 6 heteroatoms. The predicted octanol–water partition coefficient (Wildman–Crippen LogP) is 0.697. The van der Waals surface area contributed by atoms with Crippen molar-refractivity contribution in [2.24, 2.45) is 0 Å². The number of nitrogens with zero attached hydrogens (tertiary/aromatic N) is 1. The summed E-state index contributed by atoms with van der Waals surface area (Å²) in [5.41, 5.74) is 7.31. The number of benzene rings is 1. The van der Waals surface area contributed by atoms with Gasteiger partial charge in [0.2, 0.25) is 0 Å². The molecule has 0 spiro atoms. The molecule has 3 N–H and O–H groups in total. The summed E-state index contributed by atoms with van der Waals surface area (Å²) < 4.78 is 27.6. The fraction of sp³-hybridized carbons (Fsp3) is 0.455. The monoisotopic (exact) mass is 255 g/mol. The SMILES string of the molecule is CNS(=O)(=O)N(Cc1ccccc1N)C1CC1. The number of nitrogen functional groups attached to an aromatic ring is 1. The molecule has 1 aromatic carbocycles. The maximum Gasteiger partial charge on any atom is 0.279 e. The molecule has 1 aliphatic rings. The zero-order valence-electron chi connectivity index (χ0n) is 9.76. The van der Waals surface area contributed by atoms with Crippen LogP contribution in [0.3, 0.4) is 0 Å². The van der Waals surface area contributed by atoms with E-state index in [0.717, 1.165) is 18.4 Å². The first-order valence-electron chi connectivity index (χ1n) is 5.58. The van der Waals surface area contributed by atoms with Gasteiger partial charge in [-0.1, -0.05) is 18.2 Å². The van der Waals surface area contributed by atoms with Crippen LogP contribution in [0.15, 0.2) is 24.3 Å². The molecule has 0 saturated heterocycles. The molecular formula is C11H17N3O2S. The molecule has 1 aromatic rings. The summed E-state index contributed by atoms with van der Waals surface area (Å²) in [6, 6.07) is 7.46. The van der Waals surface area contributed by atoms with Gasteiger partial charge in [-0.05, 0) is 24.5 Å².